The number of hydrogen-bond donors (Lipinski definition) is 0. The van der Waals surface area contributed by atoms with Crippen LogP contribution in [-0.2, 0) is 0 Å². The van der Waals surface area contributed by atoms with Gasteiger partial charge in [0.1, 0.15) is 11.2 Å². The van der Waals surface area contributed by atoms with E-state index in [1.807, 2.05) is 60.7 Å². The predicted octanol–water partition coefficient (Wildman–Crippen LogP) is 15.0. The average molecular weight is 791 g/mol. The van der Waals surface area contributed by atoms with E-state index in [9.17, 15) is 0 Å². The highest BCUT2D eigenvalue weighted by molar-refractivity contribution is 6.27. The fourth-order valence-electron chi connectivity index (χ4n) is 9.58. The van der Waals surface area contributed by atoms with E-state index in [1.54, 1.807) is 0 Å². The van der Waals surface area contributed by atoms with Crippen LogP contribution in [0.5, 0.6) is 0 Å². The van der Waals surface area contributed by atoms with Gasteiger partial charge in [-0.25, -0.2) is 15.0 Å². The molecule has 0 aliphatic heterocycles. The summed E-state index contributed by atoms with van der Waals surface area (Å²) >= 11 is 0. The maximum Gasteiger partial charge on any atom is 0.167 e. The number of furan rings is 1. The maximum atomic E-state index is 7.13. The molecule has 5 heteroatoms. The van der Waals surface area contributed by atoms with Crippen molar-refractivity contribution in [2.45, 2.75) is 0 Å². The van der Waals surface area contributed by atoms with Gasteiger partial charge in [0.25, 0.3) is 0 Å². The Bertz CT molecular complexity index is 3820. The van der Waals surface area contributed by atoms with Crippen molar-refractivity contribution in [3.63, 3.8) is 0 Å². The number of rotatable bonds is 5. The second-order valence-electron chi connectivity index (χ2n) is 15.9. The maximum absolute atomic E-state index is 7.13. The summed E-state index contributed by atoms with van der Waals surface area (Å²) in [6, 6.07) is 72.8. The van der Waals surface area contributed by atoms with Crippen LogP contribution in [-0.4, -0.2) is 19.5 Å². The minimum absolute atomic E-state index is 0.561. The Morgan fingerprint density at radius 3 is 1.44 bits per heavy atom. The fraction of sp³-hybridized carbons (Fsp3) is 0. The Morgan fingerprint density at radius 1 is 0.306 bits per heavy atom. The van der Waals surface area contributed by atoms with Crippen LogP contribution in [0.4, 0.5) is 0 Å². The third-order valence-electron chi connectivity index (χ3n) is 12.4. The highest BCUT2D eigenvalue weighted by Crippen LogP contribution is 2.44. The summed E-state index contributed by atoms with van der Waals surface area (Å²) in [4.78, 5) is 15.1. The lowest BCUT2D eigenvalue weighted by Crippen LogP contribution is -2.00. The zero-order chi connectivity index (χ0) is 40.7. The molecule has 0 saturated carbocycles. The topological polar surface area (TPSA) is 56.7 Å². The Morgan fingerprint density at radius 2 is 0.790 bits per heavy atom. The van der Waals surface area contributed by atoms with Gasteiger partial charge in [-0.05, 0) is 85.9 Å². The van der Waals surface area contributed by atoms with Crippen LogP contribution in [0.3, 0.4) is 0 Å². The standard InChI is InChI=1S/C57H34N4O/c1-4-15-35(16-5-1)55-58-56(36-17-6-2-7-18-36)60-57(59-55)48-26-14-25-45-46-31-32-50-52(54(46)62-53(45)48)47-30-28-38(34-51(47)61(50)39-19-8-3-9-20-39)37-27-29-44-42-23-11-10-21-40(42)41-22-12-13-24-43(41)49(44)33-37/h1-34H. The molecule has 3 aromatic heterocycles. The van der Waals surface area contributed by atoms with Gasteiger partial charge in [-0.1, -0.05) is 164 Å². The van der Waals surface area contributed by atoms with Crippen LogP contribution < -0.4 is 0 Å². The monoisotopic (exact) mass is 790 g/mol. The molecule has 0 amide bonds. The number of fused-ring (bicyclic) bond motifs is 13. The van der Waals surface area contributed by atoms with Crippen molar-refractivity contribution in [2.75, 3.05) is 0 Å². The normalized spacial score (nSPS) is 11.9. The quantitative estimate of drug-likeness (QED) is 0.163. The van der Waals surface area contributed by atoms with Crippen LogP contribution in [0.15, 0.2) is 211 Å². The minimum atomic E-state index is 0.561. The Hall–Kier alpha value is -8.41. The Labute approximate surface area is 355 Å². The van der Waals surface area contributed by atoms with E-state index in [0.717, 1.165) is 71.7 Å². The van der Waals surface area contributed by atoms with Crippen molar-refractivity contribution >= 4 is 76.1 Å². The first kappa shape index (κ1) is 34.5. The first-order valence-corrected chi connectivity index (χ1v) is 20.9. The van der Waals surface area contributed by atoms with Crippen LogP contribution in [0.25, 0.3) is 127 Å². The molecule has 0 unspecified atom stereocenters. The van der Waals surface area contributed by atoms with Crippen LogP contribution in [0, 0.1) is 0 Å². The molecule has 62 heavy (non-hydrogen) atoms. The molecule has 5 nitrogen and oxygen atoms in total. The van der Waals surface area contributed by atoms with Crippen LogP contribution in [0.1, 0.15) is 0 Å². The van der Waals surface area contributed by atoms with E-state index in [-0.39, 0.29) is 0 Å². The van der Waals surface area contributed by atoms with Crippen LogP contribution in [0.2, 0.25) is 0 Å². The molecule has 0 spiro atoms. The lowest BCUT2D eigenvalue weighted by Gasteiger charge is -2.12. The third kappa shape index (κ3) is 5.25. The minimum Gasteiger partial charge on any atom is -0.455 e. The van der Waals surface area contributed by atoms with Gasteiger partial charge in [-0.2, -0.15) is 0 Å². The smallest absolute Gasteiger partial charge is 0.167 e. The molecule has 0 fully saturated rings. The first-order chi connectivity index (χ1) is 30.7. The van der Waals surface area contributed by atoms with Gasteiger partial charge in [0.15, 0.2) is 17.5 Å². The lowest BCUT2D eigenvalue weighted by molar-refractivity contribution is 0.673. The first-order valence-electron chi connectivity index (χ1n) is 20.9. The van der Waals surface area contributed by atoms with Gasteiger partial charge in [-0.3, -0.25) is 0 Å². The molecule has 13 aromatic rings. The summed E-state index contributed by atoms with van der Waals surface area (Å²) in [6.45, 7) is 0. The highest BCUT2D eigenvalue weighted by Gasteiger charge is 2.22. The SMILES string of the molecule is c1ccc(-c2nc(-c3ccccc3)nc(-c3cccc4c3oc3c4ccc4c3c3ccc(-c5ccc6c7ccccc7c7ccccc7c6c5)cc3n4-c3ccccc3)n2)cc1. The summed E-state index contributed by atoms with van der Waals surface area (Å²) < 4.78 is 9.50. The highest BCUT2D eigenvalue weighted by atomic mass is 16.3. The van der Waals surface area contributed by atoms with E-state index >= 15 is 0 Å². The van der Waals surface area contributed by atoms with Gasteiger partial charge >= 0.3 is 0 Å². The number of hydrogen-bond acceptors (Lipinski definition) is 4. The van der Waals surface area contributed by atoms with Crippen LogP contribution >= 0.6 is 0 Å². The molecule has 10 aromatic carbocycles. The molecular formula is C57H34N4O. The van der Waals surface area contributed by atoms with Gasteiger partial charge in [0, 0.05) is 33.0 Å². The van der Waals surface area contributed by atoms with Gasteiger partial charge in [0.05, 0.1) is 22.0 Å². The van der Waals surface area contributed by atoms with E-state index in [0.29, 0.717) is 17.5 Å². The molecule has 0 radical (unpaired) electrons. The summed E-state index contributed by atoms with van der Waals surface area (Å²) in [7, 11) is 0. The van der Waals surface area contributed by atoms with Crippen molar-refractivity contribution in [3.05, 3.63) is 206 Å². The van der Waals surface area contributed by atoms with Crippen molar-refractivity contribution in [3.8, 4) is 51.0 Å². The molecule has 3 heterocycles. The molecule has 0 bridgehead atoms. The number of benzene rings is 10. The molecule has 13 rings (SSSR count). The third-order valence-corrected chi connectivity index (χ3v) is 12.4. The van der Waals surface area contributed by atoms with E-state index in [1.165, 1.54) is 37.9 Å². The molecule has 0 atom stereocenters. The summed E-state index contributed by atoms with van der Waals surface area (Å²) in [6.07, 6.45) is 0. The largest absolute Gasteiger partial charge is 0.455 e. The molecule has 288 valence electrons. The van der Waals surface area contributed by atoms with Gasteiger partial charge < -0.3 is 8.98 Å². The summed E-state index contributed by atoms with van der Waals surface area (Å²) in [5.74, 6) is 1.78. The Balaban J connectivity index is 1.04. The van der Waals surface area contributed by atoms with Crippen molar-refractivity contribution < 1.29 is 4.42 Å². The zero-order valence-electron chi connectivity index (χ0n) is 33.3. The number of aromatic nitrogens is 4. The summed E-state index contributed by atoms with van der Waals surface area (Å²) in [5, 5.41) is 11.8. The second-order valence-corrected chi connectivity index (χ2v) is 15.9. The van der Waals surface area contributed by atoms with Crippen molar-refractivity contribution in [1.29, 1.82) is 0 Å². The van der Waals surface area contributed by atoms with Gasteiger partial charge in [0.2, 0.25) is 0 Å². The molecule has 0 saturated heterocycles. The number of para-hydroxylation sites is 2. The number of nitrogens with zero attached hydrogens (tertiary/aromatic N) is 4. The molecular weight excluding hydrogens is 757 g/mol. The van der Waals surface area contributed by atoms with E-state index in [4.69, 9.17) is 19.4 Å². The van der Waals surface area contributed by atoms with Gasteiger partial charge in [-0.15, -0.1) is 0 Å². The molecule has 0 aliphatic carbocycles. The van der Waals surface area contributed by atoms with E-state index in [2.05, 4.69) is 150 Å². The Kier molecular flexibility index (Phi) is 7.54. The predicted molar refractivity (Wildman–Crippen MR) is 256 cm³/mol. The average Bonchev–Trinajstić information content (AvgIpc) is 3.90. The molecule has 0 N–H and O–H groups in total. The van der Waals surface area contributed by atoms with Crippen molar-refractivity contribution in [2.24, 2.45) is 0 Å². The fourth-order valence-corrected chi connectivity index (χ4v) is 9.58. The zero-order valence-corrected chi connectivity index (χ0v) is 33.3. The van der Waals surface area contributed by atoms with E-state index < -0.39 is 0 Å². The second kappa shape index (κ2) is 13.6. The van der Waals surface area contributed by atoms with Crippen molar-refractivity contribution in [1.82, 2.24) is 19.5 Å². The lowest BCUT2D eigenvalue weighted by atomic mass is 9.92. The molecule has 0 aliphatic rings. The summed E-state index contributed by atoms with van der Waals surface area (Å²) in [5.41, 5.74) is 9.83.